The van der Waals surface area contributed by atoms with Crippen LogP contribution in [0, 0.1) is 6.92 Å². The minimum atomic E-state index is -0.150. The predicted octanol–water partition coefficient (Wildman–Crippen LogP) is 4.19. The number of ether oxygens (including phenoxy) is 1. The maximum absolute atomic E-state index is 12.2. The summed E-state index contributed by atoms with van der Waals surface area (Å²) in [6.45, 7) is 3.34. The molecule has 2 rings (SSSR count). The smallest absolute Gasteiger partial charge is 0.224 e. The summed E-state index contributed by atoms with van der Waals surface area (Å²) in [4.78, 5) is 23.4. The van der Waals surface area contributed by atoms with Gasteiger partial charge in [-0.25, -0.2) is 0 Å². The Morgan fingerprint density at radius 2 is 1.88 bits per heavy atom. The van der Waals surface area contributed by atoms with Gasteiger partial charge in [-0.3, -0.25) is 9.59 Å². The molecule has 0 heterocycles. The maximum atomic E-state index is 12.2. The number of anilines is 2. The van der Waals surface area contributed by atoms with E-state index in [-0.39, 0.29) is 11.8 Å². The quantitative estimate of drug-likeness (QED) is 0.811. The minimum Gasteiger partial charge on any atom is -0.495 e. The number of nitrogens with one attached hydrogen (secondary N) is 2. The van der Waals surface area contributed by atoms with E-state index in [1.165, 1.54) is 6.92 Å². The lowest BCUT2D eigenvalue weighted by atomic mass is 10.1. The third-order valence-corrected chi connectivity index (χ3v) is 3.98. The second-order valence-corrected chi connectivity index (χ2v) is 6.14. The van der Waals surface area contributed by atoms with Gasteiger partial charge in [0.05, 0.1) is 12.1 Å². The SMILES string of the molecule is COc1ccc(CCC(=O)Nc2ccc(C)c(NC(C)=O)c2)cc1Cl. The Morgan fingerprint density at radius 1 is 1.12 bits per heavy atom. The highest BCUT2D eigenvalue weighted by Crippen LogP contribution is 2.25. The summed E-state index contributed by atoms with van der Waals surface area (Å²) < 4.78 is 5.11. The van der Waals surface area contributed by atoms with Crippen molar-refractivity contribution >= 4 is 34.8 Å². The van der Waals surface area contributed by atoms with Crippen LogP contribution < -0.4 is 15.4 Å². The van der Waals surface area contributed by atoms with Crippen LogP contribution in [0.2, 0.25) is 5.02 Å². The molecular formula is C19H21ClN2O3. The largest absolute Gasteiger partial charge is 0.495 e. The highest BCUT2D eigenvalue weighted by Gasteiger charge is 2.08. The zero-order valence-electron chi connectivity index (χ0n) is 14.5. The molecular weight excluding hydrogens is 340 g/mol. The molecule has 132 valence electrons. The van der Waals surface area contributed by atoms with Crippen LogP contribution in [-0.4, -0.2) is 18.9 Å². The van der Waals surface area contributed by atoms with Gasteiger partial charge in [0.1, 0.15) is 5.75 Å². The summed E-state index contributed by atoms with van der Waals surface area (Å²) in [7, 11) is 1.56. The predicted molar refractivity (Wildman–Crippen MR) is 100 cm³/mol. The van der Waals surface area contributed by atoms with E-state index in [9.17, 15) is 9.59 Å². The molecule has 2 amide bonds. The van der Waals surface area contributed by atoms with Crippen LogP contribution in [0.1, 0.15) is 24.5 Å². The van der Waals surface area contributed by atoms with Crippen LogP contribution in [0.15, 0.2) is 36.4 Å². The van der Waals surface area contributed by atoms with Crippen LogP contribution in [-0.2, 0) is 16.0 Å². The van der Waals surface area contributed by atoms with Crippen molar-refractivity contribution in [1.29, 1.82) is 0 Å². The average Bonchev–Trinajstić information content (AvgIpc) is 2.56. The van der Waals surface area contributed by atoms with Gasteiger partial charge in [0, 0.05) is 24.7 Å². The van der Waals surface area contributed by atoms with E-state index < -0.39 is 0 Å². The molecule has 2 aromatic carbocycles. The van der Waals surface area contributed by atoms with Gasteiger partial charge in [-0.05, 0) is 48.7 Å². The van der Waals surface area contributed by atoms with E-state index in [0.29, 0.717) is 35.0 Å². The van der Waals surface area contributed by atoms with Crippen molar-refractivity contribution in [1.82, 2.24) is 0 Å². The van der Waals surface area contributed by atoms with Crippen LogP contribution in [0.5, 0.6) is 5.75 Å². The van der Waals surface area contributed by atoms with E-state index in [4.69, 9.17) is 16.3 Å². The molecule has 0 unspecified atom stereocenters. The van der Waals surface area contributed by atoms with Gasteiger partial charge in [0.2, 0.25) is 11.8 Å². The molecule has 0 spiro atoms. The Morgan fingerprint density at radius 3 is 2.52 bits per heavy atom. The topological polar surface area (TPSA) is 67.4 Å². The first-order valence-electron chi connectivity index (χ1n) is 7.89. The lowest BCUT2D eigenvalue weighted by molar-refractivity contribution is -0.116. The van der Waals surface area contributed by atoms with Gasteiger partial charge < -0.3 is 15.4 Å². The molecule has 0 aromatic heterocycles. The van der Waals surface area contributed by atoms with E-state index in [0.717, 1.165) is 11.1 Å². The van der Waals surface area contributed by atoms with Gasteiger partial charge in [-0.2, -0.15) is 0 Å². The fraction of sp³-hybridized carbons (Fsp3) is 0.263. The molecule has 0 saturated carbocycles. The molecule has 6 heteroatoms. The molecule has 0 atom stereocenters. The highest BCUT2D eigenvalue weighted by molar-refractivity contribution is 6.32. The normalized spacial score (nSPS) is 10.2. The number of methoxy groups -OCH3 is 1. The second-order valence-electron chi connectivity index (χ2n) is 5.73. The number of benzene rings is 2. The molecule has 0 aliphatic rings. The number of amides is 2. The van der Waals surface area contributed by atoms with Crippen LogP contribution >= 0.6 is 11.6 Å². The number of hydrogen-bond acceptors (Lipinski definition) is 3. The third-order valence-electron chi connectivity index (χ3n) is 3.69. The van der Waals surface area contributed by atoms with E-state index >= 15 is 0 Å². The van der Waals surface area contributed by atoms with Crippen molar-refractivity contribution in [2.24, 2.45) is 0 Å². The number of carbonyl (C=O) groups is 2. The molecule has 5 nitrogen and oxygen atoms in total. The van der Waals surface area contributed by atoms with Gasteiger partial charge in [-0.15, -0.1) is 0 Å². The summed E-state index contributed by atoms with van der Waals surface area (Å²) in [5.74, 6) is 0.354. The Labute approximate surface area is 152 Å². The first kappa shape index (κ1) is 18.8. The molecule has 0 saturated heterocycles. The van der Waals surface area contributed by atoms with Crippen LogP contribution in [0.4, 0.5) is 11.4 Å². The number of halogens is 1. The summed E-state index contributed by atoms with van der Waals surface area (Å²) >= 11 is 6.09. The van der Waals surface area contributed by atoms with Gasteiger partial charge in [0.15, 0.2) is 0 Å². The standard InChI is InChI=1S/C19H21ClN2O3/c1-12-4-7-15(11-17(12)21-13(2)23)22-19(24)9-6-14-5-8-18(25-3)16(20)10-14/h4-5,7-8,10-11H,6,9H2,1-3H3,(H,21,23)(H,22,24). The molecule has 0 aliphatic heterocycles. The van der Waals surface area contributed by atoms with E-state index in [2.05, 4.69) is 10.6 Å². The summed E-state index contributed by atoms with van der Waals surface area (Å²) in [5.41, 5.74) is 3.23. The monoisotopic (exact) mass is 360 g/mol. The van der Waals surface area contributed by atoms with Gasteiger partial charge in [-0.1, -0.05) is 23.7 Å². The number of hydrogen-bond donors (Lipinski definition) is 2. The Bertz CT molecular complexity index is 790. The Balaban J connectivity index is 1.96. The van der Waals surface area contributed by atoms with E-state index in [1.54, 1.807) is 25.3 Å². The lowest BCUT2D eigenvalue weighted by Gasteiger charge is -2.11. The van der Waals surface area contributed by atoms with Crippen molar-refractivity contribution in [3.05, 3.63) is 52.5 Å². The van der Waals surface area contributed by atoms with Gasteiger partial charge >= 0.3 is 0 Å². The molecule has 0 radical (unpaired) electrons. The van der Waals surface area contributed by atoms with Crippen molar-refractivity contribution < 1.29 is 14.3 Å². The fourth-order valence-corrected chi connectivity index (χ4v) is 2.65. The molecule has 25 heavy (non-hydrogen) atoms. The van der Waals surface area contributed by atoms with Crippen molar-refractivity contribution in [3.8, 4) is 5.75 Å². The highest BCUT2D eigenvalue weighted by atomic mass is 35.5. The summed E-state index contributed by atoms with van der Waals surface area (Å²) in [5, 5.41) is 6.11. The Hall–Kier alpha value is -2.53. The van der Waals surface area contributed by atoms with Crippen molar-refractivity contribution in [2.45, 2.75) is 26.7 Å². The fourth-order valence-electron chi connectivity index (χ4n) is 2.37. The number of rotatable bonds is 6. The van der Waals surface area contributed by atoms with Gasteiger partial charge in [0.25, 0.3) is 0 Å². The maximum Gasteiger partial charge on any atom is 0.224 e. The zero-order chi connectivity index (χ0) is 18.4. The molecule has 2 aromatic rings. The zero-order valence-corrected chi connectivity index (χ0v) is 15.2. The van der Waals surface area contributed by atoms with E-state index in [1.807, 2.05) is 25.1 Å². The second kappa shape index (κ2) is 8.53. The number of carbonyl (C=O) groups excluding carboxylic acids is 2. The minimum absolute atomic E-state index is 0.107. The molecule has 0 aliphatic carbocycles. The first-order valence-corrected chi connectivity index (χ1v) is 8.27. The number of aryl methyl sites for hydroxylation is 2. The van der Waals surface area contributed by atoms with Crippen LogP contribution in [0.3, 0.4) is 0 Å². The average molecular weight is 361 g/mol. The van der Waals surface area contributed by atoms with Crippen molar-refractivity contribution in [3.63, 3.8) is 0 Å². The summed E-state index contributed by atoms with van der Waals surface area (Å²) in [6, 6.07) is 10.9. The Kier molecular flexibility index (Phi) is 6.42. The molecule has 2 N–H and O–H groups in total. The van der Waals surface area contributed by atoms with Crippen LogP contribution in [0.25, 0.3) is 0 Å². The third kappa shape index (κ3) is 5.50. The lowest BCUT2D eigenvalue weighted by Crippen LogP contribution is -2.13. The van der Waals surface area contributed by atoms with Crippen molar-refractivity contribution in [2.75, 3.05) is 17.7 Å². The first-order chi connectivity index (χ1) is 11.9. The molecule has 0 bridgehead atoms. The molecule has 0 fully saturated rings. The summed E-state index contributed by atoms with van der Waals surface area (Å²) in [6.07, 6.45) is 0.895.